The van der Waals surface area contributed by atoms with Crippen molar-refractivity contribution in [3.63, 3.8) is 0 Å². The number of amidine groups is 1. The molecule has 1 fully saturated rings. The average molecular weight is 454 g/mol. The van der Waals surface area contributed by atoms with Crippen molar-refractivity contribution in [1.82, 2.24) is 5.32 Å². The fourth-order valence-electron chi connectivity index (χ4n) is 2.26. The van der Waals surface area contributed by atoms with Crippen LogP contribution in [0.1, 0.15) is 5.56 Å². The van der Waals surface area contributed by atoms with Gasteiger partial charge in [0.2, 0.25) is 0 Å². The molecule has 0 radical (unpaired) electrons. The van der Waals surface area contributed by atoms with Gasteiger partial charge in [-0.15, -0.1) is 0 Å². The van der Waals surface area contributed by atoms with Crippen molar-refractivity contribution in [3.8, 4) is 11.5 Å². The monoisotopic (exact) mass is 452 g/mol. The Kier molecular flexibility index (Phi) is 5.90. The zero-order chi connectivity index (χ0) is 18.7. The van der Waals surface area contributed by atoms with Crippen LogP contribution in [0.4, 0.5) is 5.69 Å². The molecule has 0 bridgehead atoms. The number of hydrogen-bond donors (Lipinski definition) is 1. The number of benzene rings is 2. The normalized spacial score (nSPS) is 16.8. The van der Waals surface area contributed by atoms with E-state index in [4.69, 9.17) is 21.1 Å². The minimum Gasteiger partial charge on any atom is -0.496 e. The molecule has 1 heterocycles. The molecule has 134 valence electrons. The third-order valence-corrected chi connectivity index (χ3v) is 5.25. The molecular formula is C18H14BrClN2O3S. The molecule has 8 heteroatoms. The molecule has 26 heavy (non-hydrogen) atoms. The number of thioether (sulfide) groups is 1. The molecule has 0 unspecified atom stereocenters. The zero-order valence-corrected chi connectivity index (χ0v) is 17.0. The Morgan fingerprint density at radius 3 is 2.58 bits per heavy atom. The van der Waals surface area contributed by atoms with Gasteiger partial charge in [-0.3, -0.25) is 4.79 Å². The summed E-state index contributed by atoms with van der Waals surface area (Å²) in [7, 11) is 3.16. The van der Waals surface area contributed by atoms with Crippen LogP contribution in [0.15, 0.2) is 50.8 Å². The average Bonchev–Trinajstić information content (AvgIpc) is 2.94. The molecule has 0 atom stereocenters. The summed E-state index contributed by atoms with van der Waals surface area (Å²) in [5.74, 6) is 1.10. The predicted molar refractivity (Wildman–Crippen MR) is 110 cm³/mol. The quantitative estimate of drug-likeness (QED) is 0.661. The van der Waals surface area contributed by atoms with Crippen molar-refractivity contribution < 1.29 is 14.3 Å². The van der Waals surface area contributed by atoms with Crippen molar-refractivity contribution in [2.45, 2.75) is 0 Å². The van der Waals surface area contributed by atoms with Crippen LogP contribution in [0.25, 0.3) is 6.08 Å². The number of amides is 1. The maximum absolute atomic E-state index is 12.2. The maximum atomic E-state index is 12.2. The van der Waals surface area contributed by atoms with E-state index >= 15 is 0 Å². The Hall–Kier alpha value is -1.96. The summed E-state index contributed by atoms with van der Waals surface area (Å²) in [4.78, 5) is 17.2. The highest BCUT2D eigenvalue weighted by Crippen LogP contribution is 2.34. The van der Waals surface area contributed by atoms with E-state index in [0.717, 1.165) is 15.8 Å². The van der Waals surface area contributed by atoms with Crippen molar-refractivity contribution in [2.75, 3.05) is 14.2 Å². The number of nitrogens with zero attached hydrogens (tertiary/aromatic N) is 1. The fourth-order valence-corrected chi connectivity index (χ4v) is 3.82. The lowest BCUT2D eigenvalue weighted by atomic mass is 10.2. The van der Waals surface area contributed by atoms with Gasteiger partial charge in [0.25, 0.3) is 5.91 Å². The summed E-state index contributed by atoms with van der Waals surface area (Å²) in [6.07, 6.45) is 1.79. The van der Waals surface area contributed by atoms with Gasteiger partial charge in [0.15, 0.2) is 5.17 Å². The molecule has 5 nitrogen and oxygen atoms in total. The van der Waals surface area contributed by atoms with Gasteiger partial charge in [-0.25, -0.2) is 4.99 Å². The van der Waals surface area contributed by atoms with Gasteiger partial charge in [-0.05, 0) is 69.7 Å². The van der Waals surface area contributed by atoms with E-state index in [-0.39, 0.29) is 5.91 Å². The van der Waals surface area contributed by atoms with Crippen LogP contribution in [0.3, 0.4) is 0 Å². The first-order valence-corrected chi connectivity index (χ1v) is 9.45. The molecule has 2 aromatic rings. The second kappa shape index (κ2) is 8.16. The van der Waals surface area contributed by atoms with Crippen LogP contribution in [0, 0.1) is 0 Å². The summed E-state index contributed by atoms with van der Waals surface area (Å²) in [5.41, 5.74) is 1.42. The highest BCUT2D eigenvalue weighted by molar-refractivity contribution is 9.10. The zero-order valence-electron chi connectivity index (χ0n) is 13.9. The van der Waals surface area contributed by atoms with Gasteiger partial charge in [0.05, 0.1) is 23.6 Å². The van der Waals surface area contributed by atoms with Crippen molar-refractivity contribution in [3.05, 3.63) is 56.4 Å². The Bertz CT molecular complexity index is 931. The SMILES string of the molecule is COc1ccc(/C=C2\SC(=Nc3cc(Cl)ccc3OC)NC2=O)cc1Br. The van der Waals surface area contributed by atoms with Crippen molar-refractivity contribution >= 4 is 62.1 Å². The number of nitrogens with one attached hydrogen (secondary N) is 1. The van der Waals surface area contributed by atoms with E-state index in [2.05, 4.69) is 26.2 Å². The van der Waals surface area contributed by atoms with Crippen LogP contribution in [0.2, 0.25) is 5.02 Å². The summed E-state index contributed by atoms with van der Waals surface area (Å²) in [6.45, 7) is 0. The summed E-state index contributed by atoms with van der Waals surface area (Å²) >= 11 is 10.7. The van der Waals surface area contributed by atoms with Crippen LogP contribution in [0.5, 0.6) is 11.5 Å². The highest BCUT2D eigenvalue weighted by atomic mass is 79.9. The molecule has 0 spiro atoms. The molecule has 1 amide bonds. The third kappa shape index (κ3) is 4.23. The number of carbonyl (C=O) groups is 1. The number of hydrogen-bond acceptors (Lipinski definition) is 5. The summed E-state index contributed by atoms with van der Waals surface area (Å²) < 4.78 is 11.3. The molecule has 3 rings (SSSR count). The molecule has 1 saturated heterocycles. The third-order valence-electron chi connectivity index (χ3n) is 3.49. The van der Waals surface area contributed by atoms with Gasteiger partial charge in [0.1, 0.15) is 17.2 Å². The summed E-state index contributed by atoms with van der Waals surface area (Å²) in [5, 5.41) is 3.76. The minimum atomic E-state index is -0.207. The van der Waals surface area contributed by atoms with Crippen LogP contribution in [-0.2, 0) is 4.79 Å². The van der Waals surface area contributed by atoms with Gasteiger partial charge < -0.3 is 14.8 Å². The number of ether oxygens (including phenoxy) is 2. The number of carbonyl (C=O) groups excluding carboxylic acids is 1. The number of halogens is 2. The first-order valence-electron chi connectivity index (χ1n) is 7.47. The van der Waals surface area contributed by atoms with Gasteiger partial charge in [0, 0.05) is 5.02 Å². The Balaban J connectivity index is 1.87. The topological polar surface area (TPSA) is 59.9 Å². The lowest BCUT2D eigenvalue weighted by Crippen LogP contribution is -2.19. The van der Waals surface area contributed by atoms with Gasteiger partial charge in [-0.2, -0.15) is 0 Å². The fraction of sp³-hybridized carbons (Fsp3) is 0.111. The first-order chi connectivity index (χ1) is 12.5. The first kappa shape index (κ1) is 18.8. The van der Waals surface area contributed by atoms with Gasteiger partial charge in [-0.1, -0.05) is 17.7 Å². The predicted octanol–water partition coefficient (Wildman–Crippen LogP) is 5.01. The van der Waals surface area contributed by atoms with E-state index in [1.165, 1.54) is 11.8 Å². The van der Waals surface area contributed by atoms with Crippen LogP contribution >= 0.6 is 39.3 Å². The second-order valence-electron chi connectivity index (χ2n) is 5.19. The maximum Gasteiger partial charge on any atom is 0.264 e. The molecule has 0 aliphatic carbocycles. The number of aliphatic imine (C=N–C) groups is 1. The molecular weight excluding hydrogens is 440 g/mol. The standard InChI is InChI=1S/C18H14BrClN2O3S/c1-24-14-5-3-10(7-12(14)19)8-16-17(23)22-18(26-16)21-13-9-11(20)4-6-15(13)25-2/h3-9H,1-2H3,(H,21,22,23)/b16-8-. The Morgan fingerprint density at radius 2 is 1.88 bits per heavy atom. The molecule has 0 saturated carbocycles. The minimum absolute atomic E-state index is 0.207. The molecule has 1 aliphatic rings. The van der Waals surface area contributed by atoms with Crippen LogP contribution in [-0.4, -0.2) is 25.3 Å². The van der Waals surface area contributed by atoms with Crippen LogP contribution < -0.4 is 14.8 Å². The van der Waals surface area contributed by atoms with E-state index in [9.17, 15) is 4.79 Å². The second-order valence-corrected chi connectivity index (χ2v) is 7.51. The highest BCUT2D eigenvalue weighted by Gasteiger charge is 2.24. The summed E-state index contributed by atoms with van der Waals surface area (Å²) in [6, 6.07) is 10.7. The Morgan fingerprint density at radius 1 is 1.15 bits per heavy atom. The lowest BCUT2D eigenvalue weighted by molar-refractivity contribution is -0.115. The van der Waals surface area contributed by atoms with E-state index in [1.54, 1.807) is 38.5 Å². The van der Waals surface area contributed by atoms with E-state index in [0.29, 0.717) is 26.5 Å². The molecule has 2 aromatic carbocycles. The largest absolute Gasteiger partial charge is 0.496 e. The number of rotatable bonds is 4. The van der Waals surface area contributed by atoms with E-state index < -0.39 is 0 Å². The number of methoxy groups -OCH3 is 2. The molecule has 1 N–H and O–H groups in total. The lowest BCUT2D eigenvalue weighted by Gasteiger charge is -2.05. The Labute approximate surface area is 168 Å². The van der Waals surface area contributed by atoms with Gasteiger partial charge >= 0.3 is 0 Å². The van der Waals surface area contributed by atoms with Crippen molar-refractivity contribution in [1.29, 1.82) is 0 Å². The molecule has 1 aliphatic heterocycles. The smallest absolute Gasteiger partial charge is 0.264 e. The molecule has 0 aromatic heterocycles. The van der Waals surface area contributed by atoms with E-state index in [1.807, 2.05) is 18.2 Å². The van der Waals surface area contributed by atoms with Crippen molar-refractivity contribution in [2.24, 2.45) is 4.99 Å².